The fraction of sp³-hybridized carbons (Fsp3) is 0.350. The molecule has 5 rings (SSSR count). The van der Waals surface area contributed by atoms with Crippen molar-refractivity contribution in [3.8, 4) is 5.69 Å². The van der Waals surface area contributed by atoms with Gasteiger partial charge in [0.1, 0.15) is 17.3 Å². The average molecular weight is 447 g/mol. The van der Waals surface area contributed by atoms with E-state index in [4.69, 9.17) is 0 Å². The molecule has 1 amide bonds. The molecule has 3 atom stereocenters. The number of rotatable bonds is 4. The third-order valence-electron chi connectivity index (χ3n) is 5.84. The number of alkyl halides is 3. The van der Waals surface area contributed by atoms with Crippen LogP contribution in [0.15, 0.2) is 43.0 Å². The number of aromatic nitrogens is 5. The summed E-state index contributed by atoms with van der Waals surface area (Å²) in [6, 6.07) is 3.46. The molecule has 2 bridgehead atoms. The van der Waals surface area contributed by atoms with Gasteiger partial charge in [0.15, 0.2) is 5.69 Å². The standard InChI is InChI=1S/C20H17F4N7O/c21-12-1-2-13(15(7-12)31-27-3-4-28-31)19(32)30-10-11-5-14(16(30)6-11)29-18-9-25-17(8-26-18)20(22,23)24/h1-4,7-9,11,14,16H,5-6,10H2,(H,26,29)/t11-,14-,16+/m1/s1. The molecular weight excluding hydrogens is 430 g/mol. The smallest absolute Gasteiger partial charge is 0.364 e. The number of hydrogen-bond donors (Lipinski definition) is 1. The Morgan fingerprint density at radius 2 is 1.88 bits per heavy atom. The molecule has 3 aromatic rings. The van der Waals surface area contributed by atoms with Gasteiger partial charge in [-0.05, 0) is 30.9 Å². The molecule has 2 fully saturated rings. The van der Waals surface area contributed by atoms with Gasteiger partial charge in [-0.3, -0.25) is 4.79 Å². The topological polar surface area (TPSA) is 88.8 Å². The van der Waals surface area contributed by atoms with E-state index < -0.39 is 17.7 Å². The molecule has 1 aromatic carbocycles. The van der Waals surface area contributed by atoms with Gasteiger partial charge in [-0.2, -0.15) is 28.2 Å². The molecule has 2 aromatic heterocycles. The maximum absolute atomic E-state index is 13.8. The number of likely N-dealkylation sites (tertiary alicyclic amines) is 1. The van der Waals surface area contributed by atoms with E-state index in [9.17, 15) is 22.4 Å². The van der Waals surface area contributed by atoms with E-state index in [1.807, 2.05) is 0 Å². The Kier molecular flexibility index (Phi) is 4.79. The van der Waals surface area contributed by atoms with Crippen LogP contribution in [0.1, 0.15) is 28.9 Å². The van der Waals surface area contributed by atoms with Gasteiger partial charge < -0.3 is 10.2 Å². The van der Waals surface area contributed by atoms with Gasteiger partial charge in [0.2, 0.25) is 0 Å². The Morgan fingerprint density at radius 1 is 1.09 bits per heavy atom. The molecule has 0 unspecified atom stereocenters. The monoisotopic (exact) mass is 447 g/mol. The lowest BCUT2D eigenvalue weighted by atomic mass is 10.0. The Labute approximate surface area is 179 Å². The first kappa shape index (κ1) is 20.3. The number of halogens is 4. The molecular formula is C20H17F4N7O. The number of anilines is 1. The maximum Gasteiger partial charge on any atom is 0.434 e. The lowest BCUT2D eigenvalue weighted by Gasteiger charge is -2.34. The lowest BCUT2D eigenvalue weighted by Crippen LogP contribution is -2.48. The number of hydrogen-bond acceptors (Lipinski definition) is 6. The van der Waals surface area contributed by atoms with Crippen molar-refractivity contribution in [3.05, 3.63) is 60.1 Å². The zero-order chi connectivity index (χ0) is 22.5. The van der Waals surface area contributed by atoms with Gasteiger partial charge in [-0.1, -0.05) is 0 Å². The van der Waals surface area contributed by atoms with Crippen LogP contribution in [-0.2, 0) is 6.18 Å². The number of amides is 1. The second-order valence-corrected chi connectivity index (χ2v) is 7.88. The third-order valence-corrected chi connectivity index (χ3v) is 5.84. The zero-order valence-corrected chi connectivity index (χ0v) is 16.5. The van der Waals surface area contributed by atoms with Crippen LogP contribution >= 0.6 is 0 Å². The minimum atomic E-state index is -4.56. The molecule has 1 N–H and O–H groups in total. The van der Waals surface area contributed by atoms with E-state index in [2.05, 4.69) is 25.5 Å². The van der Waals surface area contributed by atoms with Crippen molar-refractivity contribution in [1.82, 2.24) is 29.9 Å². The fourth-order valence-electron chi connectivity index (χ4n) is 4.50. The molecule has 8 nitrogen and oxygen atoms in total. The van der Waals surface area contributed by atoms with Crippen molar-refractivity contribution in [2.75, 3.05) is 11.9 Å². The molecule has 2 aliphatic rings. The molecule has 1 saturated carbocycles. The van der Waals surface area contributed by atoms with Crippen molar-refractivity contribution >= 4 is 11.7 Å². The highest BCUT2D eigenvalue weighted by molar-refractivity contribution is 5.98. The Bertz CT molecular complexity index is 1130. The number of carbonyl (C=O) groups excluding carboxylic acids is 1. The van der Waals surface area contributed by atoms with Crippen LogP contribution in [-0.4, -0.2) is 54.4 Å². The van der Waals surface area contributed by atoms with Crippen molar-refractivity contribution in [2.45, 2.75) is 31.1 Å². The molecule has 0 spiro atoms. The summed E-state index contributed by atoms with van der Waals surface area (Å²) in [7, 11) is 0. The Morgan fingerprint density at radius 3 is 2.53 bits per heavy atom. The van der Waals surface area contributed by atoms with Crippen LogP contribution in [0, 0.1) is 11.7 Å². The quantitative estimate of drug-likeness (QED) is 0.619. The van der Waals surface area contributed by atoms with Crippen molar-refractivity contribution in [1.29, 1.82) is 0 Å². The molecule has 166 valence electrons. The summed E-state index contributed by atoms with van der Waals surface area (Å²) < 4.78 is 52.0. The van der Waals surface area contributed by atoms with E-state index in [1.54, 1.807) is 4.90 Å². The molecule has 0 radical (unpaired) electrons. The fourth-order valence-corrected chi connectivity index (χ4v) is 4.50. The predicted octanol–water partition coefficient (Wildman–Crippen LogP) is 2.93. The molecule has 1 saturated heterocycles. The number of nitrogens with one attached hydrogen (secondary N) is 1. The SMILES string of the molecule is O=C(c1ccc(F)cc1-n1nccn1)N1C[C@@H]2C[C@@H](Nc3cnc(C(F)(F)F)cn3)[C@@H]1C2. The highest BCUT2D eigenvalue weighted by Gasteiger charge is 2.47. The Balaban J connectivity index is 1.36. The summed E-state index contributed by atoms with van der Waals surface area (Å²) >= 11 is 0. The highest BCUT2D eigenvalue weighted by Crippen LogP contribution is 2.40. The van der Waals surface area contributed by atoms with Crippen molar-refractivity contribution in [3.63, 3.8) is 0 Å². The van der Waals surface area contributed by atoms with E-state index in [-0.39, 0.29) is 41.0 Å². The summed E-state index contributed by atoms with van der Waals surface area (Å²) in [5.74, 6) is -0.339. The van der Waals surface area contributed by atoms with Gasteiger partial charge >= 0.3 is 6.18 Å². The molecule has 12 heteroatoms. The first-order valence-electron chi connectivity index (χ1n) is 9.92. The normalized spacial score (nSPS) is 22.4. The number of benzene rings is 1. The summed E-state index contributed by atoms with van der Waals surface area (Å²) in [4.78, 5) is 23.5. The van der Waals surface area contributed by atoms with Gasteiger partial charge in [0.05, 0.1) is 36.4 Å². The largest absolute Gasteiger partial charge is 0.434 e. The van der Waals surface area contributed by atoms with Crippen LogP contribution < -0.4 is 5.32 Å². The van der Waals surface area contributed by atoms with Gasteiger partial charge in [-0.15, -0.1) is 0 Å². The zero-order valence-electron chi connectivity index (χ0n) is 16.5. The van der Waals surface area contributed by atoms with Crippen molar-refractivity contribution in [2.24, 2.45) is 5.92 Å². The molecule has 1 aliphatic carbocycles. The number of piperidine rings is 1. The lowest BCUT2D eigenvalue weighted by molar-refractivity contribution is -0.141. The predicted molar refractivity (Wildman–Crippen MR) is 103 cm³/mol. The first-order chi connectivity index (χ1) is 15.3. The Hall–Kier alpha value is -3.57. The van der Waals surface area contributed by atoms with Crippen LogP contribution in [0.3, 0.4) is 0 Å². The van der Waals surface area contributed by atoms with Crippen LogP contribution in [0.25, 0.3) is 5.69 Å². The molecule has 32 heavy (non-hydrogen) atoms. The van der Waals surface area contributed by atoms with Gasteiger partial charge in [0.25, 0.3) is 5.91 Å². The van der Waals surface area contributed by atoms with E-state index in [0.29, 0.717) is 12.7 Å². The first-order valence-corrected chi connectivity index (χ1v) is 9.92. The third kappa shape index (κ3) is 3.65. The minimum Gasteiger partial charge on any atom is -0.364 e. The summed E-state index contributed by atoms with van der Waals surface area (Å²) in [6.45, 7) is 0.545. The van der Waals surface area contributed by atoms with Gasteiger partial charge in [0, 0.05) is 18.7 Å². The highest BCUT2D eigenvalue weighted by atomic mass is 19.4. The summed E-state index contributed by atoms with van der Waals surface area (Å²) in [6.07, 6.45) is 1.55. The maximum atomic E-state index is 13.8. The minimum absolute atomic E-state index is 0.180. The van der Waals surface area contributed by atoms with Crippen molar-refractivity contribution < 1.29 is 22.4 Å². The van der Waals surface area contributed by atoms with Crippen LogP contribution in [0.5, 0.6) is 0 Å². The molecule has 3 heterocycles. The second kappa shape index (κ2) is 7.53. The van der Waals surface area contributed by atoms with E-state index in [0.717, 1.165) is 19.0 Å². The van der Waals surface area contributed by atoms with E-state index >= 15 is 0 Å². The number of fused-ring (bicyclic) bond motifs is 2. The van der Waals surface area contributed by atoms with Crippen LogP contribution in [0.2, 0.25) is 0 Å². The van der Waals surface area contributed by atoms with Crippen LogP contribution in [0.4, 0.5) is 23.4 Å². The molecule has 1 aliphatic heterocycles. The number of nitrogens with zero attached hydrogens (tertiary/aromatic N) is 6. The summed E-state index contributed by atoms with van der Waals surface area (Å²) in [5, 5.41) is 11.1. The second-order valence-electron chi connectivity index (χ2n) is 7.88. The summed E-state index contributed by atoms with van der Waals surface area (Å²) in [5.41, 5.74) is -0.562. The average Bonchev–Trinajstić information content (AvgIpc) is 3.50. The number of carbonyl (C=O) groups is 1. The van der Waals surface area contributed by atoms with E-state index in [1.165, 1.54) is 35.4 Å². The van der Waals surface area contributed by atoms with Gasteiger partial charge in [-0.25, -0.2) is 14.4 Å².